The first-order valence-corrected chi connectivity index (χ1v) is 9.91. The Balaban J connectivity index is 0.00000141. The summed E-state index contributed by atoms with van der Waals surface area (Å²) in [6, 6.07) is 0.197. The molecule has 1 aliphatic heterocycles. The molecule has 2 heterocycles. The Morgan fingerprint density at radius 2 is 2.33 bits per heavy atom. The summed E-state index contributed by atoms with van der Waals surface area (Å²) in [7, 11) is 0. The third-order valence-corrected chi connectivity index (χ3v) is 3.67. The van der Waals surface area contributed by atoms with Crippen molar-refractivity contribution >= 4 is 18.0 Å². The second kappa shape index (κ2) is 11.9. The van der Waals surface area contributed by atoms with Gasteiger partial charge in [0.25, 0.3) is 0 Å². The Labute approximate surface area is 179 Å². The number of rotatable bonds is 9. The highest BCUT2D eigenvalue weighted by atomic mass is 32.2. The molecule has 0 saturated heterocycles. The lowest BCUT2D eigenvalue weighted by Gasteiger charge is -2.27. The molecule has 1 atom stereocenters. The first kappa shape index (κ1) is 25.0. The van der Waals surface area contributed by atoms with Crippen molar-refractivity contribution in [2.75, 3.05) is 19.4 Å². The standard InChI is InChI=1S/C17H24N6O4.CH3FS/c1-4-6-7-14(5-2)26-10-13(18)8-22(19)12-17(3)11-21-9-15(23(24)25)20-16(21)27-17;1-3-2/h4-9H,2,10-12,18-19H2,1,3H3;1H3/b6-4-,13-8-,14-7+;. The van der Waals surface area contributed by atoms with Crippen LogP contribution in [-0.4, -0.2) is 44.5 Å². The summed E-state index contributed by atoms with van der Waals surface area (Å²) >= 11 is 0.250. The van der Waals surface area contributed by atoms with Gasteiger partial charge in [0, 0.05) is 29.6 Å². The monoisotopic (exact) mass is 442 g/mol. The lowest BCUT2D eigenvalue weighted by Crippen LogP contribution is -2.46. The fourth-order valence-corrected chi connectivity index (χ4v) is 2.58. The van der Waals surface area contributed by atoms with E-state index in [9.17, 15) is 14.0 Å². The Bertz CT molecular complexity index is 800. The lowest BCUT2D eigenvalue weighted by molar-refractivity contribution is -0.389. The number of hydrazine groups is 1. The molecule has 0 spiro atoms. The van der Waals surface area contributed by atoms with Gasteiger partial charge in [-0.15, -0.1) is 0 Å². The van der Waals surface area contributed by atoms with Crippen LogP contribution in [0.5, 0.6) is 6.01 Å². The molecule has 166 valence electrons. The molecule has 0 bridgehead atoms. The number of nitro groups is 1. The highest BCUT2D eigenvalue weighted by molar-refractivity contribution is 7.93. The molecule has 2 rings (SSSR count). The fraction of sp³-hybridized carbons (Fsp3) is 0.389. The van der Waals surface area contributed by atoms with Crippen LogP contribution in [0.3, 0.4) is 0 Å². The summed E-state index contributed by atoms with van der Waals surface area (Å²) in [5, 5.41) is 12.1. The van der Waals surface area contributed by atoms with Gasteiger partial charge in [-0.1, -0.05) is 18.7 Å². The molecule has 30 heavy (non-hydrogen) atoms. The van der Waals surface area contributed by atoms with Crippen LogP contribution >= 0.6 is 12.1 Å². The average molecular weight is 443 g/mol. The number of halogens is 1. The van der Waals surface area contributed by atoms with Gasteiger partial charge in [0.2, 0.25) is 0 Å². The highest BCUT2D eigenvalue weighted by Gasteiger charge is 2.41. The molecule has 0 saturated carbocycles. The van der Waals surface area contributed by atoms with Crippen LogP contribution < -0.4 is 16.3 Å². The molecule has 0 amide bonds. The predicted octanol–water partition coefficient (Wildman–Crippen LogP) is 2.81. The maximum atomic E-state index is 10.8. The minimum absolute atomic E-state index is 0.147. The second-order valence-corrected chi connectivity index (χ2v) is 6.75. The van der Waals surface area contributed by atoms with Gasteiger partial charge in [0.15, 0.2) is 0 Å². The van der Waals surface area contributed by atoms with Crippen LogP contribution in [-0.2, 0) is 11.3 Å². The van der Waals surface area contributed by atoms with Gasteiger partial charge in [0.1, 0.15) is 24.2 Å². The molecule has 1 aromatic rings. The summed E-state index contributed by atoms with van der Waals surface area (Å²) in [5.41, 5.74) is 5.67. The third-order valence-electron chi connectivity index (χ3n) is 3.67. The van der Waals surface area contributed by atoms with Crippen molar-refractivity contribution in [1.82, 2.24) is 14.6 Å². The van der Waals surface area contributed by atoms with Gasteiger partial charge in [-0.05, 0) is 30.9 Å². The van der Waals surface area contributed by atoms with E-state index in [1.165, 1.54) is 17.5 Å². The molecule has 1 unspecified atom stereocenters. The highest BCUT2D eigenvalue weighted by Crippen LogP contribution is 2.31. The van der Waals surface area contributed by atoms with Gasteiger partial charge in [0.05, 0.1) is 18.8 Å². The maximum absolute atomic E-state index is 10.8. The van der Waals surface area contributed by atoms with Gasteiger partial charge in [-0.3, -0.25) is 4.57 Å². The summed E-state index contributed by atoms with van der Waals surface area (Å²) in [5.74, 6) is 6.34. The lowest BCUT2D eigenvalue weighted by atomic mass is 10.1. The number of ether oxygens (including phenoxy) is 2. The van der Waals surface area contributed by atoms with Crippen LogP contribution in [0, 0.1) is 10.1 Å². The van der Waals surface area contributed by atoms with E-state index >= 15 is 0 Å². The Morgan fingerprint density at radius 1 is 1.67 bits per heavy atom. The number of imidazole rings is 1. The zero-order valence-electron chi connectivity index (χ0n) is 17.2. The molecule has 10 nitrogen and oxygen atoms in total. The molecule has 0 fully saturated rings. The van der Waals surface area contributed by atoms with E-state index < -0.39 is 10.5 Å². The van der Waals surface area contributed by atoms with Crippen molar-refractivity contribution in [3.63, 3.8) is 0 Å². The molecular formula is C18H27FN6O4S. The summed E-state index contributed by atoms with van der Waals surface area (Å²) in [6.07, 6.45) is 11.3. The van der Waals surface area contributed by atoms with Crippen molar-refractivity contribution in [3.8, 4) is 6.01 Å². The first-order chi connectivity index (χ1) is 14.2. The molecule has 1 aromatic heterocycles. The van der Waals surface area contributed by atoms with E-state index in [-0.39, 0.29) is 30.6 Å². The molecule has 12 heteroatoms. The smallest absolute Gasteiger partial charge is 0.415 e. The zero-order chi connectivity index (χ0) is 22.7. The molecular weight excluding hydrogens is 415 g/mol. The quantitative estimate of drug-likeness (QED) is 0.194. The average Bonchev–Trinajstić information content (AvgIpc) is 3.17. The minimum Gasteiger partial charge on any atom is -0.487 e. The summed E-state index contributed by atoms with van der Waals surface area (Å²) < 4.78 is 23.1. The van der Waals surface area contributed by atoms with Crippen LogP contribution in [0.4, 0.5) is 9.70 Å². The normalized spacial score (nSPS) is 18.3. The minimum atomic E-state index is -0.693. The number of nitrogens with zero attached hydrogens (tertiary/aromatic N) is 4. The van der Waals surface area contributed by atoms with Crippen molar-refractivity contribution < 1.29 is 18.3 Å². The molecule has 1 aliphatic rings. The predicted molar refractivity (Wildman–Crippen MR) is 115 cm³/mol. The van der Waals surface area contributed by atoms with E-state index in [1.807, 2.05) is 26.0 Å². The molecule has 0 radical (unpaired) electrons. The van der Waals surface area contributed by atoms with Crippen molar-refractivity contribution in [1.29, 1.82) is 0 Å². The van der Waals surface area contributed by atoms with Crippen LogP contribution in [0.15, 0.2) is 54.7 Å². The van der Waals surface area contributed by atoms with Crippen molar-refractivity contribution in [2.24, 2.45) is 11.6 Å². The number of hydrogen-bond donors (Lipinski definition) is 2. The third kappa shape index (κ3) is 7.79. The largest absolute Gasteiger partial charge is 0.487 e. The van der Waals surface area contributed by atoms with Gasteiger partial charge in [-0.2, -0.15) is 3.89 Å². The van der Waals surface area contributed by atoms with E-state index in [4.69, 9.17) is 21.1 Å². The van der Waals surface area contributed by atoms with Gasteiger partial charge in [-0.25, -0.2) is 5.84 Å². The van der Waals surface area contributed by atoms with Crippen LogP contribution in [0.1, 0.15) is 13.8 Å². The van der Waals surface area contributed by atoms with E-state index in [2.05, 4.69) is 11.6 Å². The summed E-state index contributed by atoms with van der Waals surface area (Å²) in [4.78, 5) is 14.0. The first-order valence-electron chi connectivity index (χ1n) is 8.79. The Kier molecular flexibility index (Phi) is 9.92. The Hall–Kier alpha value is -2.99. The molecule has 0 aromatic carbocycles. The number of allylic oxidation sites excluding steroid dienone is 4. The number of nitrogens with two attached hydrogens (primary N) is 2. The molecule has 0 aliphatic carbocycles. The Morgan fingerprint density at radius 3 is 2.87 bits per heavy atom. The topological polar surface area (TPSA) is 135 Å². The van der Waals surface area contributed by atoms with Gasteiger partial charge < -0.3 is 30.3 Å². The number of hydrogen-bond acceptors (Lipinski definition) is 9. The van der Waals surface area contributed by atoms with E-state index in [1.54, 1.807) is 22.9 Å². The second-order valence-electron chi connectivity index (χ2n) is 6.44. The SMILES string of the molecule is C=C/C(=C\C=C/C)OC/C(N)=C/N(N)CC1(C)Cn2cc([N+](=O)[O-])nc2O1.CSF. The van der Waals surface area contributed by atoms with E-state index in [0.717, 1.165) is 0 Å². The zero-order valence-corrected chi connectivity index (χ0v) is 18.0. The maximum Gasteiger partial charge on any atom is 0.415 e. The number of aromatic nitrogens is 2. The van der Waals surface area contributed by atoms with Crippen LogP contribution in [0.25, 0.3) is 0 Å². The van der Waals surface area contributed by atoms with E-state index in [0.29, 0.717) is 24.5 Å². The van der Waals surface area contributed by atoms with Crippen molar-refractivity contribution in [3.05, 3.63) is 64.9 Å². The fourth-order valence-electron chi connectivity index (χ4n) is 2.58. The molecule has 4 N–H and O–H groups in total. The van der Waals surface area contributed by atoms with Gasteiger partial charge >= 0.3 is 11.8 Å². The summed E-state index contributed by atoms with van der Waals surface area (Å²) in [6.45, 7) is 8.24. The van der Waals surface area contributed by atoms with Crippen molar-refractivity contribution in [2.45, 2.75) is 26.0 Å². The van der Waals surface area contributed by atoms with Crippen LogP contribution in [0.2, 0.25) is 0 Å². The number of fused-ring (bicyclic) bond motifs is 1.